The maximum atomic E-state index is 15.0. The van der Waals surface area contributed by atoms with E-state index in [1.54, 1.807) is 49.6 Å². The highest BCUT2D eigenvalue weighted by Crippen LogP contribution is 2.44. The number of halogens is 3. The Balaban J connectivity index is 1.31. The second kappa shape index (κ2) is 12.1. The van der Waals surface area contributed by atoms with Crippen LogP contribution < -0.4 is 15.0 Å². The fraction of sp³-hybridized carbons (Fsp3) is 0.353. The predicted molar refractivity (Wildman–Crippen MR) is 166 cm³/mol. The molecule has 3 heterocycles. The van der Waals surface area contributed by atoms with E-state index in [0.717, 1.165) is 11.6 Å². The number of alkyl halides is 2. The summed E-state index contributed by atoms with van der Waals surface area (Å²) in [6.07, 6.45) is -2.89. The van der Waals surface area contributed by atoms with Crippen LogP contribution in [0.15, 0.2) is 60.7 Å². The Labute approximate surface area is 264 Å². The zero-order valence-electron chi connectivity index (χ0n) is 25.9. The van der Waals surface area contributed by atoms with E-state index < -0.39 is 35.5 Å². The van der Waals surface area contributed by atoms with E-state index in [1.807, 2.05) is 30.3 Å². The highest BCUT2D eigenvalue weighted by molar-refractivity contribution is 6.06. The number of benzene rings is 3. The Bertz CT molecular complexity index is 1800. The number of hydrogen-bond acceptors (Lipinski definition) is 7. The lowest BCUT2D eigenvalue weighted by atomic mass is 10.00. The molecule has 1 saturated heterocycles. The number of ether oxygens (including phenoxy) is 2. The second-order valence-electron chi connectivity index (χ2n) is 12.1. The molecule has 0 saturated carbocycles. The highest BCUT2D eigenvalue weighted by atomic mass is 19.3. The van der Waals surface area contributed by atoms with Gasteiger partial charge < -0.3 is 24.6 Å². The maximum Gasteiger partial charge on any atom is 0.410 e. The van der Waals surface area contributed by atoms with Crippen molar-refractivity contribution in [1.82, 2.24) is 14.9 Å². The van der Waals surface area contributed by atoms with Crippen LogP contribution in [0.1, 0.15) is 62.2 Å². The van der Waals surface area contributed by atoms with Gasteiger partial charge in [-0.25, -0.2) is 27.9 Å². The van der Waals surface area contributed by atoms with Gasteiger partial charge in [-0.1, -0.05) is 48.5 Å². The number of aromatic nitrogens is 2. The number of nitrogens with zero attached hydrogens (tertiary/aromatic N) is 4. The summed E-state index contributed by atoms with van der Waals surface area (Å²) in [5.41, 5.74) is 0.0749. The number of nitrogens with one attached hydrogen (secondary N) is 1. The first-order chi connectivity index (χ1) is 21.9. The van der Waals surface area contributed by atoms with E-state index in [0.29, 0.717) is 46.9 Å². The SMILES string of the molecule is Cc1nc(N[C@H](C)c2cccc(C(F)F)c2F)c2cc3c(cc2n1)OC(C)(C)C(=O)N3C1CCN(C(=O)OCc2ccccc2)C1. The quantitative estimate of drug-likeness (QED) is 0.232. The fourth-order valence-electron chi connectivity index (χ4n) is 6.00. The van der Waals surface area contributed by atoms with Crippen LogP contribution in [0.2, 0.25) is 0 Å². The highest BCUT2D eigenvalue weighted by Gasteiger charge is 2.46. The molecule has 1 fully saturated rings. The fourth-order valence-corrected chi connectivity index (χ4v) is 6.00. The smallest absolute Gasteiger partial charge is 0.410 e. The van der Waals surface area contributed by atoms with Crippen molar-refractivity contribution < 1.29 is 32.2 Å². The first-order valence-corrected chi connectivity index (χ1v) is 15.1. The van der Waals surface area contributed by atoms with Crippen molar-refractivity contribution in [2.24, 2.45) is 0 Å². The lowest BCUT2D eigenvalue weighted by Gasteiger charge is -2.41. The first-order valence-electron chi connectivity index (χ1n) is 15.1. The molecule has 1 N–H and O–H groups in total. The van der Waals surface area contributed by atoms with Crippen LogP contribution in [0.3, 0.4) is 0 Å². The Kier molecular flexibility index (Phi) is 8.22. The van der Waals surface area contributed by atoms with Crippen molar-refractivity contribution in [3.63, 3.8) is 0 Å². The minimum Gasteiger partial charge on any atom is -0.476 e. The summed E-state index contributed by atoms with van der Waals surface area (Å²) in [7, 11) is 0. The molecule has 1 aromatic heterocycles. The number of carbonyl (C=O) groups is 2. The number of anilines is 2. The van der Waals surface area contributed by atoms with Crippen LogP contribution in [-0.2, 0) is 16.1 Å². The molecule has 240 valence electrons. The third-order valence-corrected chi connectivity index (χ3v) is 8.35. The minimum absolute atomic E-state index is 0.0623. The average Bonchev–Trinajstić information content (AvgIpc) is 3.50. The minimum atomic E-state index is -2.95. The van der Waals surface area contributed by atoms with E-state index in [4.69, 9.17) is 9.47 Å². The number of aryl methyl sites for hydroxylation is 1. The largest absolute Gasteiger partial charge is 0.476 e. The molecule has 1 unspecified atom stereocenters. The average molecular weight is 634 g/mol. The normalized spacial score (nSPS) is 18.0. The van der Waals surface area contributed by atoms with Gasteiger partial charge in [0.05, 0.1) is 28.9 Å². The first kappa shape index (κ1) is 31.1. The van der Waals surface area contributed by atoms with E-state index in [1.165, 1.54) is 12.1 Å². The van der Waals surface area contributed by atoms with Gasteiger partial charge in [-0.15, -0.1) is 0 Å². The second-order valence-corrected chi connectivity index (χ2v) is 12.1. The van der Waals surface area contributed by atoms with Crippen LogP contribution in [0.25, 0.3) is 10.9 Å². The topological polar surface area (TPSA) is 96.9 Å². The van der Waals surface area contributed by atoms with Crippen LogP contribution in [-0.4, -0.2) is 51.6 Å². The van der Waals surface area contributed by atoms with Gasteiger partial charge in [-0.2, -0.15) is 0 Å². The lowest BCUT2D eigenvalue weighted by molar-refractivity contribution is -0.133. The van der Waals surface area contributed by atoms with Gasteiger partial charge in [0.25, 0.3) is 12.3 Å². The molecule has 12 heteroatoms. The van der Waals surface area contributed by atoms with Crippen molar-refractivity contribution in [2.75, 3.05) is 23.3 Å². The van der Waals surface area contributed by atoms with Gasteiger partial charge in [0.15, 0.2) is 5.60 Å². The summed E-state index contributed by atoms with van der Waals surface area (Å²) in [6, 6.07) is 15.7. The van der Waals surface area contributed by atoms with Crippen LogP contribution in [0.4, 0.5) is 29.5 Å². The van der Waals surface area contributed by atoms with Gasteiger partial charge in [0.2, 0.25) is 0 Å². The molecule has 6 rings (SSSR count). The Morgan fingerprint density at radius 1 is 1.11 bits per heavy atom. The molecule has 46 heavy (non-hydrogen) atoms. The molecule has 3 aromatic carbocycles. The van der Waals surface area contributed by atoms with E-state index in [9.17, 15) is 18.4 Å². The summed E-state index contributed by atoms with van der Waals surface area (Å²) in [5, 5.41) is 3.70. The van der Waals surface area contributed by atoms with E-state index in [-0.39, 0.29) is 30.7 Å². The number of fused-ring (bicyclic) bond motifs is 2. The van der Waals surface area contributed by atoms with Gasteiger partial charge in [0.1, 0.15) is 29.8 Å². The predicted octanol–water partition coefficient (Wildman–Crippen LogP) is 7.10. The maximum absolute atomic E-state index is 15.0. The number of rotatable bonds is 7. The molecule has 2 aliphatic heterocycles. The van der Waals surface area contributed by atoms with Crippen molar-refractivity contribution in [3.05, 3.63) is 89.0 Å². The monoisotopic (exact) mass is 633 g/mol. The Morgan fingerprint density at radius 2 is 1.85 bits per heavy atom. The molecule has 0 bridgehead atoms. The third-order valence-electron chi connectivity index (χ3n) is 8.35. The van der Waals surface area contributed by atoms with Gasteiger partial charge in [0, 0.05) is 30.1 Å². The number of carbonyl (C=O) groups excluding carboxylic acids is 2. The summed E-state index contributed by atoms with van der Waals surface area (Å²) in [5.74, 6) is -0.0482. The Hall–Kier alpha value is -4.87. The van der Waals surface area contributed by atoms with Crippen LogP contribution in [0, 0.1) is 12.7 Å². The van der Waals surface area contributed by atoms with Crippen molar-refractivity contribution >= 4 is 34.4 Å². The van der Waals surface area contributed by atoms with E-state index in [2.05, 4.69) is 15.3 Å². The molecule has 0 radical (unpaired) electrons. The number of likely N-dealkylation sites (tertiary alicyclic amines) is 1. The molecule has 2 amide bonds. The molecule has 2 atom stereocenters. The van der Waals surface area contributed by atoms with Crippen molar-refractivity contribution in [1.29, 1.82) is 0 Å². The molecule has 9 nitrogen and oxygen atoms in total. The summed E-state index contributed by atoms with van der Waals surface area (Å²) < 4.78 is 53.5. The van der Waals surface area contributed by atoms with Gasteiger partial charge in [-0.05, 0) is 45.7 Å². The molecular formula is C34H34F3N5O4. The lowest BCUT2D eigenvalue weighted by Crippen LogP contribution is -2.56. The summed E-state index contributed by atoms with van der Waals surface area (Å²) >= 11 is 0. The molecule has 0 aliphatic carbocycles. The van der Waals surface area contributed by atoms with Crippen molar-refractivity contribution in [3.8, 4) is 5.75 Å². The molecule has 0 spiro atoms. The molecule has 2 aliphatic rings. The zero-order chi connectivity index (χ0) is 32.7. The number of amides is 2. The zero-order valence-corrected chi connectivity index (χ0v) is 25.9. The number of hydrogen-bond donors (Lipinski definition) is 1. The van der Waals surface area contributed by atoms with Crippen LogP contribution in [0.5, 0.6) is 5.75 Å². The Morgan fingerprint density at radius 3 is 2.59 bits per heavy atom. The standard InChI is InChI=1S/C34H34F3N5O4/c1-19(23-11-8-12-24(29(23)35)30(36)37)38-31-25-15-27-28(16-26(25)39-20(2)40-31)46-34(3,4)32(43)42(27)22-13-14-41(17-22)33(44)45-18-21-9-6-5-7-10-21/h5-12,15-16,19,22,30H,13-14,17-18H2,1-4H3,(H,38,39,40)/t19-,22?/m1/s1. The summed E-state index contributed by atoms with van der Waals surface area (Å²) in [4.78, 5) is 39.2. The molecule has 4 aromatic rings. The van der Waals surface area contributed by atoms with E-state index >= 15 is 4.39 Å². The third kappa shape index (κ3) is 5.91. The van der Waals surface area contributed by atoms with Crippen molar-refractivity contribution in [2.45, 2.75) is 64.8 Å². The van der Waals surface area contributed by atoms with Gasteiger partial charge >= 0.3 is 6.09 Å². The summed E-state index contributed by atoms with van der Waals surface area (Å²) in [6.45, 7) is 7.55. The molecular weight excluding hydrogens is 599 g/mol. The van der Waals surface area contributed by atoms with Gasteiger partial charge in [-0.3, -0.25) is 4.79 Å². The van der Waals surface area contributed by atoms with Crippen LogP contribution >= 0.6 is 0 Å².